The molecule has 0 saturated carbocycles. The lowest BCUT2D eigenvalue weighted by Crippen LogP contribution is -2.19. The van der Waals surface area contributed by atoms with Crippen LogP contribution in [-0.2, 0) is 0 Å². The molecule has 138 valence electrons. The first kappa shape index (κ1) is 18.9. The lowest BCUT2D eigenvalue weighted by Gasteiger charge is -2.15. The molecule has 0 radical (unpaired) electrons. The zero-order valence-electron chi connectivity index (χ0n) is 16.4. The highest BCUT2D eigenvalue weighted by Crippen LogP contribution is 2.32. The number of hydrogen-bond donors (Lipinski definition) is 0. The molecule has 2 heteroatoms. The maximum absolute atomic E-state index is 5.84. The summed E-state index contributed by atoms with van der Waals surface area (Å²) >= 11 is 0. The zero-order chi connectivity index (χ0) is 19.1. The summed E-state index contributed by atoms with van der Waals surface area (Å²) < 4.78 is 5.84. The summed E-state index contributed by atoms with van der Waals surface area (Å²) in [6, 6.07) is 29.6. The Morgan fingerprint density at radius 2 is 1.22 bits per heavy atom. The van der Waals surface area contributed by atoms with Crippen LogP contribution in [0, 0.1) is 0 Å². The molecule has 0 fully saturated rings. The molecule has 2 nitrogen and oxygen atoms in total. The minimum Gasteiger partial charge on any atom is -0.492 e. The van der Waals surface area contributed by atoms with Crippen molar-refractivity contribution in [3.8, 4) is 5.75 Å². The van der Waals surface area contributed by atoms with Crippen LogP contribution in [0.4, 0.5) is 0 Å². The van der Waals surface area contributed by atoms with E-state index in [4.69, 9.17) is 4.74 Å². The highest BCUT2D eigenvalue weighted by Gasteiger charge is 2.10. The van der Waals surface area contributed by atoms with Gasteiger partial charge in [-0.25, -0.2) is 0 Å². The Bertz CT molecular complexity index is 865. The van der Waals surface area contributed by atoms with Crippen molar-refractivity contribution in [2.24, 2.45) is 0 Å². The van der Waals surface area contributed by atoms with Crippen molar-refractivity contribution in [1.29, 1.82) is 0 Å². The van der Waals surface area contributed by atoms with Gasteiger partial charge in [-0.3, -0.25) is 0 Å². The second kappa shape index (κ2) is 9.20. The number of nitrogens with zero attached hydrogens (tertiary/aromatic N) is 1. The van der Waals surface area contributed by atoms with Gasteiger partial charge in [-0.2, -0.15) is 0 Å². The molecule has 0 heterocycles. The molecule has 3 aromatic rings. The van der Waals surface area contributed by atoms with E-state index in [1.807, 2.05) is 0 Å². The molecular weight excluding hydrogens is 330 g/mol. The second-order valence-corrected chi connectivity index (χ2v) is 6.91. The van der Waals surface area contributed by atoms with E-state index in [0.717, 1.165) is 12.3 Å². The van der Waals surface area contributed by atoms with Gasteiger partial charge in [-0.15, -0.1) is 0 Å². The average molecular weight is 357 g/mol. The molecule has 0 aliphatic carbocycles. The molecule has 0 spiro atoms. The fourth-order valence-corrected chi connectivity index (χ4v) is 3.10. The standard InChI is InChI=1S/C25H27NO/c1-20(21-10-6-4-7-11-21)25(22-12-8-5-9-13-22)23-14-16-24(17-15-23)27-19-18-26(2)3/h4-17H,18-19H2,1-3H3/b25-20+. The Balaban J connectivity index is 1.95. The van der Waals surface area contributed by atoms with Crippen LogP contribution in [0.15, 0.2) is 84.9 Å². The molecule has 3 aromatic carbocycles. The minimum absolute atomic E-state index is 0.691. The third-order valence-corrected chi connectivity index (χ3v) is 4.59. The van der Waals surface area contributed by atoms with E-state index in [0.29, 0.717) is 6.61 Å². The molecule has 0 bridgehead atoms. The Labute approximate surface area is 162 Å². The lowest BCUT2D eigenvalue weighted by molar-refractivity contribution is 0.261. The molecule has 0 atom stereocenters. The van der Waals surface area contributed by atoms with Crippen molar-refractivity contribution < 1.29 is 4.74 Å². The van der Waals surface area contributed by atoms with Gasteiger partial charge < -0.3 is 9.64 Å². The van der Waals surface area contributed by atoms with Crippen LogP contribution in [0.25, 0.3) is 11.1 Å². The first-order chi connectivity index (χ1) is 13.1. The Kier molecular flexibility index (Phi) is 6.45. The number of likely N-dealkylation sites (N-methyl/N-ethyl adjacent to an activating group) is 1. The lowest BCUT2D eigenvalue weighted by atomic mass is 9.90. The number of hydrogen-bond acceptors (Lipinski definition) is 2. The highest BCUT2D eigenvalue weighted by atomic mass is 16.5. The van der Waals surface area contributed by atoms with E-state index in [-0.39, 0.29) is 0 Å². The predicted molar refractivity (Wildman–Crippen MR) is 115 cm³/mol. The van der Waals surface area contributed by atoms with Crippen LogP contribution in [0.2, 0.25) is 0 Å². The van der Waals surface area contributed by atoms with Gasteiger partial charge in [0.25, 0.3) is 0 Å². The topological polar surface area (TPSA) is 12.5 Å². The van der Waals surface area contributed by atoms with Crippen molar-refractivity contribution in [3.63, 3.8) is 0 Å². The number of allylic oxidation sites excluding steroid dienone is 1. The van der Waals surface area contributed by atoms with Crippen LogP contribution >= 0.6 is 0 Å². The summed E-state index contributed by atoms with van der Waals surface area (Å²) in [5.74, 6) is 0.908. The van der Waals surface area contributed by atoms with E-state index in [1.54, 1.807) is 0 Å². The van der Waals surface area contributed by atoms with Gasteiger partial charge in [-0.05, 0) is 61.0 Å². The van der Waals surface area contributed by atoms with Crippen LogP contribution in [0.3, 0.4) is 0 Å². The van der Waals surface area contributed by atoms with E-state index >= 15 is 0 Å². The van der Waals surface area contributed by atoms with Crippen LogP contribution < -0.4 is 4.74 Å². The Hall–Kier alpha value is -2.84. The highest BCUT2D eigenvalue weighted by molar-refractivity contribution is 5.97. The Morgan fingerprint density at radius 3 is 1.78 bits per heavy atom. The fraction of sp³-hybridized carbons (Fsp3) is 0.200. The Morgan fingerprint density at radius 1 is 0.704 bits per heavy atom. The average Bonchev–Trinajstić information content (AvgIpc) is 2.70. The van der Waals surface area contributed by atoms with Crippen LogP contribution in [0.1, 0.15) is 23.6 Å². The molecular formula is C25H27NO. The van der Waals surface area contributed by atoms with Crippen molar-refractivity contribution in [1.82, 2.24) is 4.90 Å². The van der Waals surface area contributed by atoms with E-state index in [2.05, 4.69) is 111 Å². The van der Waals surface area contributed by atoms with E-state index in [1.165, 1.54) is 27.8 Å². The SMILES string of the molecule is C/C(=C(/c1ccccc1)c1ccc(OCCN(C)C)cc1)c1ccccc1. The van der Waals surface area contributed by atoms with Crippen molar-refractivity contribution in [2.75, 3.05) is 27.2 Å². The van der Waals surface area contributed by atoms with Crippen molar-refractivity contribution in [2.45, 2.75) is 6.92 Å². The number of ether oxygens (including phenoxy) is 1. The molecule has 3 rings (SSSR count). The largest absolute Gasteiger partial charge is 0.492 e. The summed E-state index contributed by atoms with van der Waals surface area (Å²) in [6.45, 7) is 3.79. The molecule has 0 aliphatic heterocycles. The molecule has 0 aromatic heterocycles. The summed E-state index contributed by atoms with van der Waals surface area (Å²) in [5.41, 5.74) is 6.18. The molecule has 0 unspecified atom stereocenters. The monoisotopic (exact) mass is 357 g/mol. The van der Waals surface area contributed by atoms with E-state index in [9.17, 15) is 0 Å². The third kappa shape index (κ3) is 5.08. The minimum atomic E-state index is 0.691. The third-order valence-electron chi connectivity index (χ3n) is 4.59. The first-order valence-electron chi connectivity index (χ1n) is 9.35. The summed E-state index contributed by atoms with van der Waals surface area (Å²) in [7, 11) is 4.10. The van der Waals surface area contributed by atoms with E-state index < -0.39 is 0 Å². The fourth-order valence-electron chi connectivity index (χ4n) is 3.10. The smallest absolute Gasteiger partial charge is 0.119 e. The van der Waals surface area contributed by atoms with Gasteiger partial charge in [0.1, 0.15) is 12.4 Å². The molecule has 27 heavy (non-hydrogen) atoms. The quantitative estimate of drug-likeness (QED) is 0.510. The van der Waals surface area contributed by atoms with Crippen LogP contribution in [-0.4, -0.2) is 32.1 Å². The maximum atomic E-state index is 5.84. The molecule has 0 amide bonds. The van der Waals surface area contributed by atoms with Crippen molar-refractivity contribution >= 4 is 11.1 Å². The summed E-state index contributed by atoms with van der Waals surface area (Å²) in [4.78, 5) is 2.12. The predicted octanol–water partition coefficient (Wildman–Crippen LogP) is 5.61. The first-order valence-corrected chi connectivity index (χ1v) is 9.35. The number of benzene rings is 3. The van der Waals surface area contributed by atoms with Gasteiger partial charge in [0.2, 0.25) is 0 Å². The van der Waals surface area contributed by atoms with Gasteiger partial charge in [0.15, 0.2) is 0 Å². The van der Waals surface area contributed by atoms with Gasteiger partial charge in [0, 0.05) is 6.54 Å². The molecule has 0 N–H and O–H groups in total. The normalized spacial score (nSPS) is 12.0. The summed E-state index contributed by atoms with van der Waals surface area (Å²) in [5, 5.41) is 0. The molecule has 0 saturated heterocycles. The second-order valence-electron chi connectivity index (χ2n) is 6.91. The molecule has 0 aliphatic rings. The van der Waals surface area contributed by atoms with Gasteiger partial charge >= 0.3 is 0 Å². The van der Waals surface area contributed by atoms with Gasteiger partial charge in [0.05, 0.1) is 0 Å². The van der Waals surface area contributed by atoms with Crippen molar-refractivity contribution in [3.05, 3.63) is 102 Å². The maximum Gasteiger partial charge on any atom is 0.119 e. The number of rotatable bonds is 7. The summed E-state index contributed by atoms with van der Waals surface area (Å²) in [6.07, 6.45) is 0. The zero-order valence-corrected chi connectivity index (χ0v) is 16.4. The van der Waals surface area contributed by atoms with Crippen LogP contribution in [0.5, 0.6) is 5.75 Å². The van der Waals surface area contributed by atoms with Gasteiger partial charge in [-0.1, -0.05) is 72.8 Å².